The number of rotatable bonds is 8. The van der Waals surface area contributed by atoms with Gasteiger partial charge in [-0.3, -0.25) is 4.79 Å². The number of amides is 1. The topological polar surface area (TPSA) is 45.2 Å². The van der Waals surface area contributed by atoms with Crippen molar-refractivity contribution in [1.82, 2.24) is 10.3 Å². The molecular weight excluding hydrogens is 439 g/mol. The Kier molecular flexibility index (Phi) is 7.75. The summed E-state index contributed by atoms with van der Waals surface area (Å²) in [7, 11) is 1.58. The van der Waals surface area contributed by atoms with Crippen LogP contribution < -0.4 is 10.2 Å². The van der Waals surface area contributed by atoms with Gasteiger partial charge in [0, 0.05) is 13.6 Å². The number of carbonyl (C=O) groups is 1. The number of aromatic nitrogens is 1. The molecule has 4 nitrogen and oxygen atoms in total. The zero-order chi connectivity index (χ0) is 23.1. The third kappa shape index (κ3) is 6.01. The highest BCUT2D eigenvalue weighted by Gasteiger charge is 2.30. The van der Waals surface area contributed by atoms with Crippen molar-refractivity contribution in [2.45, 2.75) is 25.1 Å². The molecule has 1 amide bonds. The molecule has 1 aromatic heterocycles. The number of benzene rings is 2. The molecule has 1 N–H and O–H groups in total. The molecule has 0 bridgehead atoms. The van der Waals surface area contributed by atoms with Gasteiger partial charge < -0.3 is 10.2 Å². The number of hydrogen-bond donors (Lipinski definition) is 1. The van der Waals surface area contributed by atoms with Crippen molar-refractivity contribution in [2.24, 2.45) is 0 Å². The predicted octanol–water partition coefficient (Wildman–Crippen LogP) is 5.68. The number of likely N-dealkylation sites (N-methyl/N-ethyl adjacent to an activating group) is 1. The number of hydrogen-bond acceptors (Lipinski definition) is 3. The van der Waals surface area contributed by atoms with Crippen molar-refractivity contribution in [3.05, 3.63) is 94.8 Å². The fourth-order valence-corrected chi connectivity index (χ4v) is 3.62. The number of halogens is 4. The van der Waals surface area contributed by atoms with Gasteiger partial charge in [0.1, 0.15) is 11.2 Å². The van der Waals surface area contributed by atoms with Gasteiger partial charge in [-0.25, -0.2) is 4.98 Å². The average molecular weight is 462 g/mol. The molecule has 168 valence electrons. The van der Waals surface area contributed by atoms with Crippen molar-refractivity contribution < 1.29 is 18.0 Å². The van der Waals surface area contributed by atoms with E-state index in [1.807, 2.05) is 35.2 Å². The minimum absolute atomic E-state index is 0.180. The second kappa shape index (κ2) is 10.5. The number of alkyl halides is 3. The molecule has 3 rings (SSSR count). The van der Waals surface area contributed by atoms with Gasteiger partial charge in [0.2, 0.25) is 5.91 Å². The van der Waals surface area contributed by atoms with E-state index in [4.69, 9.17) is 11.6 Å². The van der Waals surface area contributed by atoms with Crippen LogP contribution in [0.25, 0.3) is 0 Å². The van der Waals surface area contributed by atoms with E-state index in [-0.39, 0.29) is 5.91 Å². The van der Waals surface area contributed by atoms with Crippen LogP contribution in [0.5, 0.6) is 0 Å². The smallest absolute Gasteiger partial charge is 0.357 e. The molecular formula is C24H23ClF3N3O. The maximum absolute atomic E-state index is 12.9. The van der Waals surface area contributed by atoms with Gasteiger partial charge in [-0.15, -0.1) is 0 Å². The molecule has 3 aromatic rings. The van der Waals surface area contributed by atoms with Gasteiger partial charge in [-0.2, -0.15) is 13.2 Å². The van der Waals surface area contributed by atoms with E-state index >= 15 is 0 Å². The van der Waals surface area contributed by atoms with Gasteiger partial charge in [0.25, 0.3) is 0 Å². The van der Waals surface area contributed by atoms with Crippen LogP contribution in [0.4, 0.5) is 18.9 Å². The minimum atomic E-state index is -4.35. The van der Waals surface area contributed by atoms with E-state index in [0.29, 0.717) is 24.5 Å². The van der Waals surface area contributed by atoms with Crippen LogP contribution >= 0.6 is 11.6 Å². The van der Waals surface area contributed by atoms with Crippen LogP contribution in [-0.2, 0) is 17.4 Å². The quantitative estimate of drug-likeness (QED) is 0.439. The lowest BCUT2D eigenvalue weighted by molar-refractivity contribution is -0.137. The first-order chi connectivity index (χ1) is 15.3. The molecule has 0 radical (unpaired) electrons. The first-order valence-corrected chi connectivity index (χ1v) is 10.5. The van der Waals surface area contributed by atoms with E-state index in [1.54, 1.807) is 25.4 Å². The van der Waals surface area contributed by atoms with Crippen molar-refractivity contribution in [2.75, 3.05) is 18.5 Å². The Hall–Kier alpha value is -3.06. The van der Waals surface area contributed by atoms with Crippen LogP contribution in [0, 0.1) is 0 Å². The monoisotopic (exact) mass is 461 g/mol. The number of carbonyl (C=O) groups excluding carboxylic acids is 1. The molecule has 0 saturated heterocycles. The second-order valence-corrected chi connectivity index (χ2v) is 7.65. The maximum atomic E-state index is 12.9. The molecule has 32 heavy (non-hydrogen) atoms. The molecule has 0 saturated carbocycles. The number of aryl methyl sites for hydroxylation is 1. The van der Waals surface area contributed by atoms with Crippen molar-refractivity contribution in [1.29, 1.82) is 0 Å². The van der Waals surface area contributed by atoms with Crippen LogP contribution in [-0.4, -0.2) is 24.5 Å². The van der Waals surface area contributed by atoms with Crippen LogP contribution in [0.15, 0.2) is 72.9 Å². The van der Waals surface area contributed by atoms with Crippen LogP contribution in [0.1, 0.15) is 29.2 Å². The average Bonchev–Trinajstić information content (AvgIpc) is 2.79. The maximum Gasteiger partial charge on any atom is 0.416 e. The Bertz CT molecular complexity index is 1010. The summed E-state index contributed by atoms with van der Waals surface area (Å²) in [6.45, 7) is 0.483. The molecule has 0 aliphatic rings. The Labute approximate surface area is 190 Å². The summed E-state index contributed by atoms with van der Waals surface area (Å²) in [5, 5.41) is 3.06. The van der Waals surface area contributed by atoms with Crippen LogP contribution in [0.3, 0.4) is 0 Å². The highest BCUT2D eigenvalue weighted by atomic mass is 35.5. The summed E-state index contributed by atoms with van der Waals surface area (Å²) >= 11 is 5.94. The lowest BCUT2D eigenvalue weighted by Gasteiger charge is -2.33. The second-order valence-electron chi connectivity index (χ2n) is 7.26. The Balaban J connectivity index is 1.83. The zero-order valence-electron chi connectivity index (χ0n) is 17.4. The Morgan fingerprint density at radius 1 is 1.06 bits per heavy atom. The van der Waals surface area contributed by atoms with Crippen LogP contribution in [0.2, 0.25) is 5.15 Å². The van der Waals surface area contributed by atoms with Gasteiger partial charge in [-0.05, 0) is 48.2 Å². The molecule has 1 atom stereocenters. The molecule has 1 heterocycles. The largest absolute Gasteiger partial charge is 0.416 e. The summed E-state index contributed by atoms with van der Waals surface area (Å²) < 4.78 is 38.4. The third-order valence-corrected chi connectivity index (χ3v) is 5.33. The molecule has 8 heteroatoms. The fourth-order valence-electron chi connectivity index (χ4n) is 3.50. The Morgan fingerprint density at radius 3 is 2.31 bits per heavy atom. The molecule has 0 aliphatic heterocycles. The minimum Gasteiger partial charge on any atom is -0.357 e. The standard InChI is InChI=1S/C24H23ClF3N3O/c1-29-23(32)22(18-7-3-2-4-8-18)31(20-13-14-21(25)30-16-20)15-5-6-17-9-11-19(12-10-17)24(26,27)28/h2-4,7-14,16,22H,5-6,15H2,1H3,(H,29,32). The summed E-state index contributed by atoms with van der Waals surface area (Å²) in [5.41, 5.74) is 1.66. The van der Waals surface area contributed by atoms with Crippen molar-refractivity contribution in [3.63, 3.8) is 0 Å². The first-order valence-electron chi connectivity index (χ1n) is 10.1. The summed E-state index contributed by atoms with van der Waals surface area (Å²) in [4.78, 5) is 18.9. The van der Waals surface area contributed by atoms with E-state index in [1.165, 1.54) is 12.1 Å². The number of pyridine rings is 1. The predicted molar refractivity (Wildman–Crippen MR) is 120 cm³/mol. The Morgan fingerprint density at radius 2 is 1.75 bits per heavy atom. The highest BCUT2D eigenvalue weighted by Crippen LogP contribution is 2.30. The van der Waals surface area contributed by atoms with Crippen molar-refractivity contribution in [3.8, 4) is 0 Å². The summed E-state index contributed by atoms with van der Waals surface area (Å²) in [5.74, 6) is -0.180. The molecule has 0 fully saturated rings. The SMILES string of the molecule is CNC(=O)C(c1ccccc1)N(CCCc1ccc(C(F)(F)F)cc1)c1ccc(Cl)nc1. The highest BCUT2D eigenvalue weighted by molar-refractivity contribution is 6.29. The molecule has 0 spiro atoms. The lowest BCUT2D eigenvalue weighted by atomic mass is 10.0. The summed E-state index contributed by atoms with van der Waals surface area (Å²) in [6, 6.07) is 17.4. The molecule has 2 aromatic carbocycles. The van der Waals surface area contributed by atoms with Gasteiger partial charge in [0.05, 0.1) is 17.4 Å². The number of anilines is 1. The fraction of sp³-hybridized carbons (Fsp3) is 0.250. The molecule has 1 unspecified atom stereocenters. The van der Waals surface area contributed by atoms with E-state index < -0.39 is 17.8 Å². The van der Waals surface area contributed by atoms with E-state index in [9.17, 15) is 18.0 Å². The number of nitrogens with one attached hydrogen (secondary N) is 1. The van der Waals surface area contributed by atoms with E-state index in [0.717, 1.165) is 28.9 Å². The molecule has 0 aliphatic carbocycles. The van der Waals surface area contributed by atoms with Gasteiger partial charge in [-0.1, -0.05) is 54.1 Å². The number of nitrogens with zero attached hydrogens (tertiary/aromatic N) is 2. The van der Waals surface area contributed by atoms with Gasteiger partial charge >= 0.3 is 6.18 Å². The normalized spacial score (nSPS) is 12.3. The van der Waals surface area contributed by atoms with Gasteiger partial charge in [0.15, 0.2) is 0 Å². The summed E-state index contributed by atoms with van der Waals surface area (Å²) in [6.07, 6.45) is -1.56. The third-order valence-electron chi connectivity index (χ3n) is 5.11. The van der Waals surface area contributed by atoms with E-state index in [2.05, 4.69) is 10.3 Å². The first kappa shape index (κ1) is 23.6. The lowest BCUT2D eigenvalue weighted by Crippen LogP contribution is -2.40. The van der Waals surface area contributed by atoms with Crippen molar-refractivity contribution >= 4 is 23.2 Å². The zero-order valence-corrected chi connectivity index (χ0v) is 18.2.